The van der Waals surface area contributed by atoms with Gasteiger partial charge in [-0.25, -0.2) is 0 Å². The van der Waals surface area contributed by atoms with Crippen molar-refractivity contribution in [2.45, 2.75) is 267 Å². The molecule has 120 heavy (non-hydrogen) atoms. The Morgan fingerprint density at radius 3 is 1.20 bits per heavy atom. The van der Waals surface area contributed by atoms with E-state index < -0.39 is 95.3 Å². The minimum Gasteiger partial charge on any atom is -1.00 e. The smallest absolute Gasteiger partial charge is 1.00 e. The summed E-state index contributed by atoms with van der Waals surface area (Å²) < 4.78 is 82.6. The Morgan fingerprint density at radius 1 is 0.492 bits per heavy atom. The number of fused-ring (bicyclic) bond motifs is 4. The van der Waals surface area contributed by atoms with Gasteiger partial charge >= 0.3 is 46.7 Å². The predicted molar refractivity (Wildman–Crippen MR) is 472 cm³/mol. The molecule has 623 valence electrons. The van der Waals surface area contributed by atoms with Gasteiger partial charge in [0.25, 0.3) is 0 Å². The fraction of sp³-hybridized carbons (Fsp3) is 0.473. The number of carbonyl (C=O) groups is 3. The topological polar surface area (TPSA) is 201 Å². The summed E-state index contributed by atoms with van der Waals surface area (Å²) in [4.78, 5) is 35.0. The van der Waals surface area contributed by atoms with Crippen LogP contribution in [0.5, 0.6) is 5.75 Å². The van der Waals surface area contributed by atoms with E-state index in [0.29, 0.717) is 75.0 Å². The Morgan fingerprint density at radius 2 is 0.833 bits per heavy atom. The van der Waals surface area contributed by atoms with E-state index >= 15 is 0 Å². The number of ether oxygens (including phenoxy) is 14. The van der Waals surface area contributed by atoms with E-state index in [1.807, 2.05) is 198 Å². The van der Waals surface area contributed by atoms with Crippen LogP contribution in [0, 0.1) is 55.8 Å². The number of benzene rings is 6. The second-order valence-electron chi connectivity index (χ2n) is 30.1. The van der Waals surface area contributed by atoms with Crippen LogP contribution >= 0.6 is 36.0 Å². The van der Waals surface area contributed by atoms with E-state index in [9.17, 15) is 19.5 Å². The molecule has 1 N–H and O–H groups in total. The van der Waals surface area contributed by atoms with Crippen LogP contribution in [-0.4, -0.2) is 179 Å². The van der Waals surface area contributed by atoms with Crippen LogP contribution in [0.4, 0.5) is 0 Å². The Labute approximate surface area is 757 Å². The molecule has 11 radical (unpaired) electrons. The van der Waals surface area contributed by atoms with Crippen molar-refractivity contribution in [3.63, 3.8) is 0 Å². The zero-order chi connectivity index (χ0) is 85.8. The number of aliphatic hydroxyl groups is 1. The van der Waals surface area contributed by atoms with Crippen LogP contribution in [0.1, 0.15) is 154 Å². The maximum Gasteiger partial charge on any atom is 1.00 e. The summed E-state index contributed by atoms with van der Waals surface area (Å²) in [7, 11) is 24.0. The molecule has 13 rings (SSSR count). The molecule has 18 nitrogen and oxygen atoms in total. The number of ketones is 1. The molecule has 5 heterocycles. The third-order valence-corrected chi connectivity index (χ3v) is 22.2. The van der Waals surface area contributed by atoms with E-state index in [1.54, 1.807) is 6.92 Å². The molecule has 1 unspecified atom stereocenters. The van der Waals surface area contributed by atoms with Gasteiger partial charge in [0.2, 0.25) is 6.29 Å². The summed E-state index contributed by atoms with van der Waals surface area (Å²) in [5, 5.41) is 10.1. The third-order valence-electron chi connectivity index (χ3n) is 22.1. The van der Waals surface area contributed by atoms with Crippen molar-refractivity contribution in [2.24, 2.45) is 11.8 Å². The first kappa shape index (κ1) is 102. The van der Waals surface area contributed by atoms with Crippen molar-refractivity contribution >= 4 is 103 Å². The number of aryl methyl sites for hydroxylation is 1. The molecule has 5 aliphatic heterocycles. The molecule has 2 aliphatic carbocycles. The molecule has 5 saturated heterocycles. The van der Waals surface area contributed by atoms with Crippen molar-refractivity contribution in [3.05, 3.63) is 221 Å². The number of hydrogen-bond acceptors (Lipinski definition) is 20. The molecule has 6 aromatic carbocycles. The molecular weight excluding hydrogens is 1580 g/mol. The number of carbonyl (C=O) groups excluding carboxylic acids is 3. The molecule has 7 fully saturated rings. The maximum absolute atomic E-state index is 12.0. The van der Waals surface area contributed by atoms with Crippen LogP contribution < -0.4 is 34.3 Å². The molecule has 27 heteroatoms. The van der Waals surface area contributed by atoms with Crippen molar-refractivity contribution in [2.75, 3.05) is 0 Å². The monoisotopic (exact) mass is 1690 g/mol. The van der Waals surface area contributed by atoms with Crippen LogP contribution in [0.3, 0.4) is 0 Å². The van der Waals surface area contributed by atoms with Gasteiger partial charge in [-0.1, -0.05) is 240 Å². The van der Waals surface area contributed by atoms with Gasteiger partial charge in [-0.2, -0.15) is 0 Å². The summed E-state index contributed by atoms with van der Waals surface area (Å²) in [5.41, 5.74) is 4.46. The van der Waals surface area contributed by atoms with E-state index in [-0.39, 0.29) is 99.1 Å². The van der Waals surface area contributed by atoms with Crippen molar-refractivity contribution in [1.29, 1.82) is 0 Å². The molecular formula is C93H108B5ClNaO18S2. The van der Waals surface area contributed by atoms with Crippen LogP contribution in [0.25, 0.3) is 0 Å². The Hall–Kier alpha value is -6.70. The molecule has 0 aromatic heterocycles. The van der Waals surface area contributed by atoms with E-state index in [0.717, 1.165) is 47.1 Å². The average Bonchev–Trinajstić information content (AvgIpc) is 1.58. The van der Waals surface area contributed by atoms with Crippen molar-refractivity contribution in [3.8, 4) is 42.8 Å². The van der Waals surface area contributed by atoms with E-state index in [1.165, 1.54) is 25.0 Å². The standard InChI is InChI=1S/C24H25BO4S.C20H24O6.C16H19BO3.C16H19BO2.C15H17BO3.C2H3ClS.B.Na.H/c1-4-15-24(5-2)21(26-16-18-9-7-6-8-10-18)20(22(25)29-24)28-23(30)27-19-13-11-17(3)12-14-19;1-5-12-20(6-2)18(23-13-16-10-8-7-9-11-16)17(24-14(3)21)19(26-20)25-15(4)22;1-3-10-16(4-2)14(13(18)15(17)20-16)19-11-12-8-6-5-7-9-12;1-3-16-9-11(2)13(15(17)19-16)14(16)18-10-12-7-5-4-6-8-12;1-2-15-8-11(17)12(14(16)19-15)13(15)18-9-10-6-4-3-5-7-10;1-2(3)4;;;/h1,6-14,20-22H,5,15-16H2,2-3H3;1,7-11,17-19H,6,12-13H2,2-4H3;1,5-9,13-15,18H,4,10-11H2,2H3;4-8,13-15H,2-3,9-10H2,1H3;3-7,12-14H,2,8-9H2,1H3;1H3;;;/q;;;;;;;+1;-1/t20-,21+,22-,24+;17-,18+,19?,20+;2*13-,14+,15-,16+;12-,13+,14-,15+;;;;/m11111..../s1. The zero-order valence-corrected chi connectivity index (χ0v) is 74.8. The van der Waals surface area contributed by atoms with Crippen LogP contribution in [-0.2, 0) is 109 Å². The first-order valence-electron chi connectivity index (χ1n) is 39.9. The fourth-order valence-electron chi connectivity index (χ4n) is 16.0. The largest absolute Gasteiger partial charge is 1.00 e. The summed E-state index contributed by atoms with van der Waals surface area (Å²) in [6.45, 7) is 22.5. The van der Waals surface area contributed by atoms with Gasteiger partial charge in [-0.15, -0.1) is 37.0 Å². The number of thiocarbonyl (C=S) groups is 2. The van der Waals surface area contributed by atoms with Crippen molar-refractivity contribution < 1.29 is 117 Å². The maximum atomic E-state index is 12.0. The molecule has 0 spiro atoms. The molecule has 4 bridgehead atoms. The van der Waals surface area contributed by atoms with Gasteiger partial charge in [0.15, 0.2) is 6.10 Å². The summed E-state index contributed by atoms with van der Waals surface area (Å²) in [6, 6.07) is 54.6. The zero-order valence-electron chi connectivity index (χ0n) is 71.4. The Balaban J connectivity index is 0.000000267. The molecule has 20 atom stereocenters. The average molecular weight is 1690 g/mol. The second-order valence-corrected chi connectivity index (χ2v) is 31.8. The quantitative estimate of drug-likeness (QED) is 0.0127. The summed E-state index contributed by atoms with van der Waals surface area (Å²) in [6.07, 6.45) is 16.9. The van der Waals surface area contributed by atoms with Gasteiger partial charge in [-0.05, 0) is 85.9 Å². The molecule has 6 aromatic rings. The molecule has 0 amide bonds. The number of rotatable bonds is 27. The minimum atomic E-state index is -1.06. The van der Waals surface area contributed by atoms with E-state index in [2.05, 4.69) is 55.6 Å². The van der Waals surface area contributed by atoms with Gasteiger partial charge in [0, 0.05) is 90.5 Å². The summed E-state index contributed by atoms with van der Waals surface area (Å²) >= 11 is 14.6. The number of aliphatic hydroxyl groups excluding tert-OH is 1. The van der Waals surface area contributed by atoms with Crippen molar-refractivity contribution in [1.82, 2.24) is 0 Å². The first-order valence-corrected chi connectivity index (χ1v) is 41.1. The minimum absolute atomic E-state index is 0. The number of halogens is 1. The van der Waals surface area contributed by atoms with Crippen LogP contribution in [0.2, 0.25) is 0 Å². The van der Waals surface area contributed by atoms with Crippen LogP contribution in [0.15, 0.2) is 188 Å². The SMILES string of the molecule is C#CC[C@]1(CC)OC(OC(C)=O)[C@H](OC(C)=O)[C@@H]1OCc1ccccc1.CC(=S)Cl.[B].[B][C@@H]1O[C@@](CC)(CC#C)[C@@H](OCc2ccccc2)[C@H]1O.[B][C@@H]1O[C@@](CC)(CC#C)[C@@H](OCc2ccccc2)[C@H]1OC(=S)Oc1ccc(C)cc1.[B][C@@H]1O[C@@]2(CC)CC(=C)[C@@H]1[C@@H]2OCc1ccccc1.[B][C@@H]1O[C@@]2(CC)CC(=O)[C@@H]1[C@@H]2OCc1ccccc1.[H-].[Na+]. The number of esters is 2. The molecule has 2 saturated carbocycles. The second kappa shape index (κ2) is 49.1. The van der Waals surface area contributed by atoms with Gasteiger partial charge < -0.3 is 72.8 Å². The fourth-order valence-corrected chi connectivity index (χ4v) is 16.2. The van der Waals surface area contributed by atoms with Gasteiger partial charge in [0.1, 0.15) is 95.8 Å². The predicted octanol–water partition coefficient (Wildman–Crippen LogP) is 11.5. The van der Waals surface area contributed by atoms with Gasteiger partial charge in [0.05, 0.1) is 67.1 Å². The Kier molecular flexibility index (Phi) is 41.8. The number of hydrogen-bond donors (Lipinski definition) is 1. The Bertz CT molecular complexity index is 4250. The normalized spacial score (nSPS) is 29.7. The van der Waals surface area contributed by atoms with Gasteiger partial charge in [-0.3, -0.25) is 14.4 Å². The first-order chi connectivity index (χ1) is 56.6. The van der Waals surface area contributed by atoms with E-state index in [4.69, 9.17) is 141 Å². The molecule has 7 aliphatic rings. The summed E-state index contributed by atoms with van der Waals surface area (Å²) in [5.74, 6) is 7.43. The third kappa shape index (κ3) is 26.9. The number of terminal acetylenes is 3. The number of Topliss-reactive ketones (excluding diaryl/α,β-unsaturated/α-hetero) is 1.